The molecule has 1 aromatic heterocycles. The van der Waals surface area contributed by atoms with Crippen molar-refractivity contribution in [3.05, 3.63) is 17.7 Å². The first-order valence-corrected chi connectivity index (χ1v) is 4.50. The summed E-state index contributed by atoms with van der Waals surface area (Å²) in [5, 5.41) is 17.6. The molecule has 0 aliphatic heterocycles. The second kappa shape index (κ2) is 4.91. The van der Waals surface area contributed by atoms with Gasteiger partial charge < -0.3 is 4.57 Å². The van der Waals surface area contributed by atoms with Crippen molar-refractivity contribution in [1.82, 2.24) is 15.0 Å². The summed E-state index contributed by atoms with van der Waals surface area (Å²) < 4.78 is 1.48. The fourth-order valence-corrected chi connectivity index (χ4v) is 1.31. The fraction of sp³-hybridized carbons (Fsp3) is 0.333. The molecule has 0 aromatic carbocycles. The molecule has 0 bridgehead atoms. The molecule has 7 nitrogen and oxygen atoms in total. The smallest absolute Gasteiger partial charge is 0.235 e. The van der Waals surface area contributed by atoms with E-state index < -0.39 is 0 Å². The zero-order valence-corrected chi connectivity index (χ0v) is 8.64. The molecule has 3 N–H and O–H groups in total. The first-order chi connectivity index (χ1) is 7.63. The minimum Gasteiger partial charge on any atom is -0.318 e. The minimum absolute atomic E-state index is 0.0579. The Bertz CT molecular complexity index is 477. The molecule has 0 fully saturated rings. The van der Waals surface area contributed by atoms with Gasteiger partial charge >= 0.3 is 0 Å². The highest BCUT2D eigenvalue weighted by molar-refractivity contribution is 5.75. The summed E-state index contributed by atoms with van der Waals surface area (Å²) in [5.41, 5.74) is 2.21. The number of carbonyl (C=O) groups excluding carboxylic acids is 1. The van der Waals surface area contributed by atoms with E-state index in [9.17, 15) is 4.79 Å². The number of nitrogens with one attached hydrogen (secondary N) is 1. The van der Waals surface area contributed by atoms with Gasteiger partial charge in [0.1, 0.15) is 12.1 Å². The highest BCUT2D eigenvalue weighted by Gasteiger charge is 2.16. The Kier molecular flexibility index (Phi) is 3.59. The first-order valence-electron chi connectivity index (χ1n) is 4.50. The molecule has 1 unspecified atom stereocenters. The third-order valence-electron chi connectivity index (χ3n) is 2.12. The lowest BCUT2D eigenvalue weighted by Gasteiger charge is -2.12. The molecule has 82 valence electrons. The summed E-state index contributed by atoms with van der Waals surface area (Å²) in [6.45, 7) is 1.74. The van der Waals surface area contributed by atoms with Gasteiger partial charge in [-0.2, -0.15) is 10.5 Å². The normalized spacial score (nSPS) is 11.2. The number of imidazole rings is 1. The van der Waals surface area contributed by atoms with E-state index >= 15 is 0 Å². The third-order valence-corrected chi connectivity index (χ3v) is 2.12. The Labute approximate surface area is 92.1 Å². The standard InChI is InChI=1S/C9H10N6O/c1-6(2-9(16)14-12)15-5-13-7(3-10)8(15)4-11/h5-6H,2,12H2,1H3,(H,14,16). The van der Waals surface area contributed by atoms with E-state index in [-0.39, 0.29) is 29.8 Å². The van der Waals surface area contributed by atoms with Gasteiger partial charge in [-0.05, 0) is 6.92 Å². The van der Waals surface area contributed by atoms with Gasteiger partial charge in [0.15, 0.2) is 11.4 Å². The number of rotatable bonds is 3. The number of nitriles is 2. The van der Waals surface area contributed by atoms with Gasteiger partial charge in [0.25, 0.3) is 0 Å². The van der Waals surface area contributed by atoms with E-state index in [1.807, 2.05) is 17.6 Å². The maximum atomic E-state index is 11.1. The van der Waals surface area contributed by atoms with Crippen molar-refractivity contribution in [3.63, 3.8) is 0 Å². The van der Waals surface area contributed by atoms with Crippen molar-refractivity contribution in [3.8, 4) is 12.1 Å². The molecular formula is C9H10N6O. The van der Waals surface area contributed by atoms with Crippen molar-refractivity contribution in [2.45, 2.75) is 19.4 Å². The van der Waals surface area contributed by atoms with Gasteiger partial charge in [0, 0.05) is 12.5 Å². The lowest BCUT2D eigenvalue weighted by atomic mass is 10.2. The summed E-state index contributed by atoms with van der Waals surface area (Å²) in [7, 11) is 0. The highest BCUT2D eigenvalue weighted by Crippen LogP contribution is 2.15. The molecule has 1 aromatic rings. The van der Waals surface area contributed by atoms with Crippen molar-refractivity contribution in [2.75, 3.05) is 0 Å². The van der Waals surface area contributed by atoms with E-state index in [1.165, 1.54) is 10.9 Å². The van der Waals surface area contributed by atoms with Crippen LogP contribution in [0.5, 0.6) is 0 Å². The van der Waals surface area contributed by atoms with Crippen LogP contribution in [0.2, 0.25) is 0 Å². The summed E-state index contributed by atoms with van der Waals surface area (Å²) >= 11 is 0. The van der Waals surface area contributed by atoms with Crippen LogP contribution in [0.15, 0.2) is 6.33 Å². The van der Waals surface area contributed by atoms with Crippen LogP contribution in [-0.4, -0.2) is 15.5 Å². The maximum Gasteiger partial charge on any atom is 0.235 e. The molecule has 0 radical (unpaired) electrons. The van der Waals surface area contributed by atoms with Gasteiger partial charge in [-0.15, -0.1) is 0 Å². The van der Waals surface area contributed by atoms with Crippen molar-refractivity contribution >= 4 is 5.91 Å². The van der Waals surface area contributed by atoms with Crippen LogP contribution >= 0.6 is 0 Å². The SMILES string of the molecule is CC(CC(=O)NN)n1cnc(C#N)c1C#N. The van der Waals surface area contributed by atoms with Crippen LogP contribution in [0.4, 0.5) is 0 Å². The van der Waals surface area contributed by atoms with E-state index in [0.29, 0.717) is 0 Å². The topological polar surface area (TPSA) is 121 Å². The molecule has 1 heterocycles. The average molecular weight is 218 g/mol. The van der Waals surface area contributed by atoms with E-state index in [2.05, 4.69) is 4.98 Å². The van der Waals surface area contributed by atoms with E-state index in [4.69, 9.17) is 16.4 Å². The minimum atomic E-state index is -0.344. The van der Waals surface area contributed by atoms with Gasteiger partial charge in [0.05, 0.1) is 6.33 Å². The lowest BCUT2D eigenvalue weighted by Crippen LogP contribution is -2.31. The molecule has 0 aliphatic carbocycles. The van der Waals surface area contributed by atoms with Crippen LogP contribution < -0.4 is 11.3 Å². The molecule has 0 spiro atoms. The molecule has 0 aliphatic rings. The monoisotopic (exact) mass is 218 g/mol. The largest absolute Gasteiger partial charge is 0.318 e. The summed E-state index contributed by atoms with van der Waals surface area (Å²) in [6.07, 6.45) is 1.48. The maximum absolute atomic E-state index is 11.1. The predicted octanol–water partition coefficient (Wildman–Crippen LogP) is -0.433. The zero-order valence-electron chi connectivity index (χ0n) is 8.64. The van der Waals surface area contributed by atoms with Crippen LogP contribution in [0, 0.1) is 22.7 Å². The second-order valence-corrected chi connectivity index (χ2v) is 3.19. The number of nitrogens with zero attached hydrogens (tertiary/aromatic N) is 4. The quantitative estimate of drug-likeness (QED) is 0.405. The van der Waals surface area contributed by atoms with Crippen molar-refractivity contribution in [1.29, 1.82) is 10.5 Å². The summed E-state index contributed by atoms with van der Waals surface area (Å²) in [4.78, 5) is 14.8. The molecule has 0 saturated carbocycles. The Morgan fingerprint density at radius 2 is 2.38 bits per heavy atom. The van der Waals surface area contributed by atoms with Gasteiger partial charge in [-0.1, -0.05) is 0 Å². The van der Waals surface area contributed by atoms with Crippen LogP contribution in [0.3, 0.4) is 0 Å². The lowest BCUT2D eigenvalue weighted by molar-refractivity contribution is -0.121. The van der Waals surface area contributed by atoms with Gasteiger partial charge in [-0.25, -0.2) is 10.8 Å². The zero-order chi connectivity index (χ0) is 12.1. The second-order valence-electron chi connectivity index (χ2n) is 3.19. The van der Waals surface area contributed by atoms with Gasteiger partial charge in [-0.3, -0.25) is 10.2 Å². The Balaban J connectivity index is 2.97. The van der Waals surface area contributed by atoms with E-state index in [1.54, 1.807) is 6.92 Å². The number of amides is 1. The van der Waals surface area contributed by atoms with Gasteiger partial charge in [0.2, 0.25) is 5.91 Å². The number of carbonyl (C=O) groups is 1. The summed E-state index contributed by atoms with van der Waals surface area (Å²) in [5.74, 6) is 4.61. The van der Waals surface area contributed by atoms with Crippen LogP contribution in [0.1, 0.15) is 30.8 Å². The first kappa shape index (κ1) is 11.7. The number of hydrazine groups is 1. The molecule has 7 heteroatoms. The van der Waals surface area contributed by atoms with E-state index in [0.717, 1.165) is 0 Å². The molecule has 1 rings (SSSR count). The van der Waals surface area contributed by atoms with Crippen LogP contribution in [0.25, 0.3) is 0 Å². The molecule has 1 atom stereocenters. The van der Waals surface area contributed by atoms with Crippen molar-refractivity contribution < 1.29 is 4.79 Å². The average Bonchev–Trinajstić information content (AvgIpc) is 2.71. The predicted molar refractivity (Wildman–Crippen MR) is 53.3 cm³/mol. The van der Waals surface area contributed by atoms with Crippen molar-refractivity contribution in [2.24, 2.45) is 5.84 Å². The van der Waals surface area contributed by atoms with Crippen LogP contribution in [-0.2, 0) is 4.79 Å². The number of aromatic nitrogens is 2. The number of hydrogen-bond donors (Lipinski definition) is 2. The molecule has 1 amide bonds. The number of nitrogens with two attached hydrogens (primary N) is 1. The number of hydrogen-bond acceptors (Lipinski definition) is 5. The molecular weight excluding hydrogens is 208 g/mol. The third kappa shape index (κ3) is 2.16. The Morgan fingerprint density at radius 3 is 2.88 bits per heavy atom. The Morgan fingerprint density at radius 1 is 1.69 bits per heavy atom. The summed E-state index contributed by atoms with van der Waals surface area (Å²) in [6, 6.07) is 3.41. The Hall–Kier alpha value is -2.38. The molecule has 16 heavy (non-hydrogen) atoms. The fourth-order valence-electron chi connectivity index (χ4n) is 1.31. The highest BCUT2D eigenvalue weighted by atomic mass is 16.2. The molecule has 0 saturated heterocycles.